The Morgan fingerprint density at radius 1 is 1.14 bits per heavy atom. The average Bonchev–Trinajstić information content (AvgIpc) is 3.25. The minimum Gasteiger partial charge on any atom is -0.487 e. The normalized spacial score (nSPS) is 22.2. The van der Waals surface area contributed by atoms with Crippen LogP contribution in [-0.2, 0) is 16.1 Å². The Bertz CT molecular complexity index is 1260. The number of benzene rings is 2. The van der Waals surface area contributed by atoms with E-state index in [1.165, 1.54) is 18.3 Å². The molecule has 36 heavy (non-hydrogen) atoms. The number of carbonyl (C=O) groups excluding carboxylic acids is 2. The van der Waals surface area contributed by atoms with Crippen LogP contribution in [0.5, 0.6) is 5.75 Å². The van der Waals surface area contributed by atoms with Gasteiger partial charge in [0.25, 0.3) is 5.91 Å². The number of hydrogen-bond acceptors (Lipinski definition) is 6. The first-order valence-corrected chi connectivity index (χ1v) is 11.8. The molecule has 1 saturated heterocycles. The zero-order valence-electron chi connectivity index (χ0n) is 19.4. The highest BCUT2D eigenvalue weighted by Gasteiger charge is 2.46. The number of nitrogens with zero attached hydrogens (tertiary/aromatic N) is 1. The van der Waals surface area contributed by atoms with E-state index in [-0.39, 0.29) is 49.2 Å². The SMILES string of the molecule is O=C(C[C@H]1C[C@@H]2c3cc(NC(=O)c4cccnc4)ccc3O[C@@H]2[C@H](CO)O1)NCc1cccc(F)c1. The molecule has 3 heterocycles. The molecule has 2 aliphatic heterocycles. The molecule has 9 heteroatoms. The molecule has 3 N–H and O–H groups in total. The molecule has 1 aromatic heterocycles. The largest absolute Gasteiger partial charge is 0.487 e. The summed E-state index contributed by atoms with van der Waals surface area (Å²) in [6, 6.07) is 14.9. The van der Waals surface area contributed by atoms with Gasteiger partial charge in [-0.15, -0.1) is 0 Å². The number of aliphatic hydroxyl groups excluding tert-OH is 1. The first-order chi connectivity index (χ1) is 17.5. The second-order valence-corrected chi connectivity index (χ2v) is 8.96. The van der Waals surface area contributed by atoms with Gasteiger partial charge in [-0.3, -0.25) is 14.6 Å². The number of nitrogens with one attached hydrogen (secondary N) is 2. The van der Waals surface area contributed by atoms with Gasteiger partial charge in [-0.05, 0) is 54.4 Å². The van der Waals surface area contributed by atoms with E-state index in [1.54, 1.807) is 42.6 Å². The van der Waals surface area contributed by atoms with E-state index >= 15 is 0 Å². The molecule has 0 aliphatic carbocycles. The van der Waals surface area contributed by atoms with Crippen LogP contribution in [0.4, 0.5) is 10.1 Å². The van der Waals surface area contributed by atoms with Crippen LogP contribution in [0.25, 0.3) is 0 Å². The number of rotatable bonds is 7. The highest BCUT2D eigenvalue weighted by molar-refractivity contribution is 6.04. The number of fused-ring (bicyclic) bond motifs is 3. The topological polar surface area (TPSA) is 110 Å². The van der Waals surface area contributed by atoms with Gasteiger partial charge in [0.1, 0.15) is 23.8 Å². The second-order valence-electron chi connectivity index (χ2n) is 8.96. The summed E-state index contributed by atoms with van der Waals surface area (Å²) >= 11 is 0. The van der Waals surface area contributed by atoms with E-state index in [9.17, 15) is 19.1 Å². The summed E-state index contributed by atoms with van der Waals surface area (Å²) in [5.41, 5.74) is 2.63. The number of halogens is 1. The molecule has 5 rings (SSSR count). The molecule has 3 aromatic rings. The fourth-order valence-corrected chi connectivity index (χ4v) is 4.79. The maximum absolute atomic E-state index is 13.4. The maximum atomic E-state index is 13.4. The number of hydrogen-bond donors (Lipinski definition) is 3. The van der Waals surface area contributed by atoms with Gasteiger partial charge in [-0.25, -0.2) is 4.39 Å². The third-order valence-electron chi connectivity index (χ3n) is 6.47. The van der Waals surface area contributed by atoms with Crippen molar-refractivity contribution in [1.29, 1.82) is 0 Å². The third kappa shape index (κ3) is 5.22. The standard InChI is InChI=1S/C27H26FN3O5/c28-18-5-1-3-16(9-18)13-30-25(33)12-20-11-22-21-10-19(31-27(34)17-4-2-8-29-14-17)6-7-23(21)36-26(22)24(15-32)35-20/h1-10,14,20,22,24,26,32H,11-13,15H2,(H,30,33)(H,31,34)/t20-,22-,24+,26+/m1/s1. The fourth-order valence-electron chi connectivity index (χ4n) is 4.79. The molecule has 0 radical (unpaired) electrons. The number of anilines is 1. The number of amides is 2. The molecular weight excluding hydrogens is 465 g/mol. The van der Waals surface area contributed by atoms with Gasteiger partial charge in [0.15, 0.2) is 0 Å². The van der Waals surface area contributed by atoms with Crippen LogP contribution >= 0.6 is 0 Å². The Hall–Kier alpha value is -3.82. The van der Waals surface area contributed by atoms with Crippen LogP contribution in [0.2, 0.25) is 0 Å². The highest BCUT2D eigenvalue weighted by atomic mass is 19.1. The van der Waals surface area contributed by atoms with Crippen LogP contribution < -0.4 is 15.4 Å². The lowest BCUT2D eigenvalue weighted by atomic mass is 9.84. The Morgan fingerprint density at radius 3 is 2.81 bits per heavy atom. The van der Waals surface area contributed by atoms with E-state index in [2.05, 4.69) is 15.6 Å². The first-order valence-electron chi connectivity index (χ1n) is 11.8. The van der Waals surface area contributed by atoms with Gasteiger partial charge < -0.3 is 25.2 Å². The van der Waals surface area contributed by atoms with Crippen molar-refractivity contribution in [2.75, 3.05) is 11.9 Å². The van der Waals surface area contributed by atoms with Crippen molar-refractivity contribution in [3.8, 4) is 5.75 Å². The summed E-state index contributed by atoms with van der Waals surface area (Å²) < 4.78 is 25.5. The van der Waals surface area contributed by atoms with E-state index in [4.69, 9.17) is 9.47 Å². The summed E-state index contributed by atoms with van der Waals surface area (Å²) in [7, 11) is 0. The molecule has 8 nitrogen and oxygen atoms in total. The lowest BCUT2D eigenvalue weighted by Gasteiger charge is -2.37. The lowest BCUT2D eigenvalue weighted by molar-refractivity contribution is -0.142. The Kier molecular flexibility index (Phi) is 6.92. The smallest absolute Gasteiger partial charge is 0.257 e. The summed E-state index contributed by atoms with van der Waals surface area (Å²) in [5, 5.41) is 15.6. The van der Waals surface area contributed by atoms with Gasteiger partial charge in [0, 0.05) is 36.1 Å². The molecular formula is C27H26FN3O5. The zero-order chi connectivity index (χ0) is 25.1. The van der Waals surface area contributed by atoms with Crippen LogP contribution in [0.15, 0.2) is 67.0 Å². The van der Waals surface area contributed by atoms with Crippen molar-refractivity contribution in [1.82, 2.24) is 10.3 Å². The van der Waals surface area contributed by atoms with Crippen LogP contribution in [-0.4, -0.2) is 46.8 Å². The van der Waals surface area contributed by atoms with Crippen molar-refractivity contribution in [2.24, 2.45) is 0 Å². The molecule has 186 valence electrons. The summed E-state index contributed by atoms with van der Waals surface area (Å²) in [5.74, 6) is -0.294. The summed E-state index contributed by atoms with van der Waals surface area (Å²) in [6.45, 7) is -0.0358. The number of pyridine rings is 1. The van der Waals surface area contributed by atoms with E-state index in [0.717, 1.165) is 5.56 Å². The minimum absolute atomic E-state index is 0.0990. The Morgan fingerprint density at radius 2 is 2.03 bits per heavy atom. The number of aliphatic hydroxyl groups is 1. The average molecular weight is 492 g/mol. The van der Waals surface area contributed by atoms with Gasteiger partial charge in [0.2, 0.25) is 5.91 Å². The monoisotopic (exact) mass is 491 g/mol. The zero-order valence-corrected chi connectivity index (χ0v) is 19.4. The van der Waals surface area contributed by atoms with Crippen molar-refractivity contribution in [3.05, 3.63) is 89.5 Å². The first kappa shape index (κ1) is 23.9. The molecule has 0 spiro atoms. The van der Waals surface area contributed by atoms with Crippen LogP contribution in [0.1, 0.15) is 40.2 Å². The summed E-state index contributed by atoms with van der Waals surface area (Å²) in [6.07, 6.45) is 2.30. The molecule has 1 fully saturated rings. The minimum atomic E-state index is -0.592. The number of ether oxygens (including phenoxy) is 2. The predicted octanol–water partition coefficient (Wildman–Crippen LogP) is 3.17. The lowest BCUT2D eigenvalue weighted by Crippen LogP contribution is -2.47. The molecule has 2 amide bonds. The molecule has 2 aliphatic rings. The second kappa shape index (κ2) is 10.4. The van der Waals surface area contributed by atoms with E-state index in [0.29, 0.717) is 29.0 Å². The fraction of sp³-hybridized carbons (Fsp3) is 0.296. The number of carbonyl (C=O) groups is 2. The van der Waals surface area contributed by atoms with Crippen molar-refractivity contribution >= 4 is 17.5 Å². The predicted molar refractivity (Wildman–Crippen MR) is 129 cm³/mol. The molecule has 0 unspecified atom stereocenters. The highest BCUT2D eigenvalue weighted by Crippen LogP contribution is 2.47. The van der Waals surface area contributed by atoms with Gasteiger partial charge in [-0.2, -0.15) is 0 Å². The molecule has 4 atom stereocenters. The van der Waals surface area contributed by atoms with Crippen molar-refractivity contribution < 1.29 is 28.6 Å². The maximum Gasteiger partial charge on any atom is 0.257 e. The van der Waals surface area contributed by atoms with Gasteiger partial charge in [0.05, 0.1) is 24.7 Å². The number of aromatic nitrogens is 1. The summed E-state index contributed by atoms with van der Waals surface area (Å²) in [4.78, 5) is 29.1. The van der Waals surface area contributed by atoms with Crippen LogP contribution in [0.3, 0.4) is 0 Å². The van der Waals surface area contributed by atoms with Crippen molar-refractivity contribution in [2.45, 2.75) is 43.6 Å². The molecule has 2 aromatic carbocycles. The van der Waals surface area contributed by atoms with E-state index < -0.39 is 12.2 Å². The molecule has 0 bridgehead atoms. The molecule has 0 saturated carbocycles. The Labute approximate surface area is 207 Å². The third-order valence-corrected chi connectivity index (χ3v) is 6.47. The van der Waals surface area contributed by atoms with E-state index in [1.807, 2.05) is 6.07 Å². The quantitative estimate of drug-likeness (QED) is 0.468. The van der Waals surface area contributed by atoms with Gasteiger partial charge >= 0.3 is 0 Å². The van der Waals surface area contributed by atoms with Crippen LogP contribution in [0, 0.1) is 5.82 Å². The van der Waals surface area contributed by atoms with Gasteiger partial charge in [-0.1, -0.05) is 12.1 Å². The van der Waals surface area contributed by atoms with Crippen molar-refractivity contribution in [3.63, 3.8) is 0 Å². The Balaban J connectivity index is 1.26.